The molecule has 2 aliphatic rings. The van der Waals surface area contributed by atoms with Gasteiger partial charge in [-0.15, -0.1) is 0 Å². The lowest BCUT2D eigenvalue weighted by molar-refractivity contribution is -0.136. The Morgan fingerprint density at radius 1 is 1.44 bits per heavy atom. The first-order valence-electron chi connectivity index (χ1n) is 6.87. The van der Waals surface area contributed by atoms with Crippen LogP contribution in [0.25, 0.3) is 0 Å². The summed E-state index contributed by atoms with van der Waals surface area (Å²) in [5.41, 5.74) is 0. The van der Waals surface area contributed by atoms with Gasteiger partial charge in [0.15, 0.2) is 0 Å². The molecular weight excluding hydrogens is 232 g/mol. The Labute approximate surface area is 108 Å². The van der Waals surface area contributed by atoms with Crippen LogP contribution in [0, 0.1) is 5.92 Å². The van der Waals surface area contributed by atoms with Gasteiger partial charge in [0.2, 0.25) is 5.91 Å². The van der Waals surface area contributed by atoms with Crippen LogP contribution < -0.4 is 5.32 Å². The number of carbonyl (C=O) groups excluding carboxylic acids is 1. The maximum atomic E-state index is 12.1. The number of amides is 1. The molecule has 2 fully saturated rings. The monoisotopic (exact) mass is 256 g/mol. The van der Waals surface area contributed by atoms with Crippen molar-refractivity contribution in [2.24, 2.45) is 5.92 Å². The van der Waals surface area contributed by atoms with E-state index in [-0.39, 0.29) is 11.9 Å². The second-order valence-corrected chi connectivity index (χ2v) is 5.42. The summed E-state index contributed by atoms with van der Waals surface area (Å²) in [6, 6.07) is -0.0692. The number of carbonyl (C=O) groups is 1. The zero-order valence-corrected chi connectivity index (χ0v) is 11.3. The lowest BCUT2D eigenvalue weighted by atomic mass is 9.79. The minimum atomic E-state index is -0.434. The average Bonchev–Trinajstić information content (AvgIpc) is 2.71. The van der Waals surface area contributed by atoms with Gasteiger partial charge in [0.25, 0.3) is 0 Å². The molecular formula is C13H24N2O3. The van der Waals surface area contributed by atoms with Crippen LogP contribution in [0.15, 0.2) is 0 Å². The van der Waals surface area contributed by atoms with Gasteiger partial charge in [-0.1, -0.05) is 0 Å². The summed E-state index contributed by atoms with van der Waals surface area (Å²) in [7, 11) is 1.79. The number of hydrogen-bond acceptors (Lipinski definition) is 4. The molecule has 0 bridgehead atoms. The van der Waals surface area contributed by atoms with Crippen molar-refractivity contribution in [2.45, 2.75) is 44.4 Å². The summed E-state index contributed by atoms with van der Waals surface area (Å²) in [6.07, 6.45) is 2.51. The lowest BCUT2D eigenvalue weighted by Gasteiger charge is -2.36. The van der Waals surface area contributed by atoms with Crippen LogP contribution in [-0.4, -0.2) is 60.9 Å². The van der Waals surface area contributed by atoms with Gasteiger partial charge in [-0.3, -0.25) is 4.79 Å². The zero-order chi connectivity index (χ0) is 13.1. The maximum absolute atomic E-state index is 12.1. The Bertz CT molecular complexity index is 292. The molecule has 104 valence electrons. The number of nitrogens with zero attached hydrogens (tertiary/aromatic N) is 1. The van der Waals surface area contributed by atoms with Crippen LogP contribution in [0.5, 0.6) is 0 Å². The third-order valence-electron chi connectivity index (χ3n) is 4.10. The van der Waals surface area contributed by atoms with Crippen molar-refractivity contribution >= 4 is 5.91 Å². The number of β-amino-alcohol motifs (C(OH)–C–C–N with tert-alkyl or cyclic N) is 1. The molecule has 0 aromatic rings. The summed E-state index contributed by atoms with van der Waals surface area (Å²) in [5.74, 6) is 0.603. The van der Waals surface area contributed by atoms with Crippen molar-refractivity contribution in [1.82, 2.24) is 10.2 Å². The summed E-state index contributed by atoms with van der Waals surface area (Å²) in [4.78, 5) is 13.8. The highest BCUT2D eigenvalue weighted by molar-refractivity contribution is 5.76. The largest absolute Gasteiger partial charge is 0.390 e. The predicted octanol–water partition coefficient (Wildman–Crippen LogP) is -0.0173. The van der Waals surface area contributed by atoms with Crippen molar-refractivity contribution in [2.75, 3.05) is 26.7 Å². The second-order valence-electron chi connectivity index (χ2n) is 5.42. The quantitative estimate of drug-likeness (QED) is 0.726. The van der Waals surface area contributed by atoms with Crippen LogP contribution in [0.1, 0.15) is 26.2 Å². The minimum Gasteiger partial charge on any atom is -0.390 e. The Hall–Kier alpha value is -0.650. The zero-order valence-electron chi connectivity index (χ0n) is 11.3. The Balaban J connectivity index is 1.72. The van der Waals surface area contributed by atoms with Gasteiger partial charge in [-0.2, -0.15) is 0 Å². The molecule has 0 aromatic carbocycles. The van der Waals surface area contributed by atoms with Gasteiger partial charge in [-0.25, -0.2) is 0 Å². The Morgan fingerprint density at radius 3 is 2.72 bits per heavy atom. The molecule has 1 saturated heterocycles. The lowest BCUT2D eigenvalue weighted by Crippen LogP contribution is -2.45. The van der Waals surface area contributed by atoms with Crippen LogP contribution in [0.3, 0.4) is 0 Å². The Morgan fingerprint density at radius 2 is 2.17 bits per heavy atom. The third kappa shape index (κ3) is 3.02. The molecule has 1 heterocycles. The van der Waals surface area contributed by atoms with Gasteiger partial charge in [0, 0.05) is 33.2 Å². The van der Waals surface area contributed by atoms with Crippen molar-refractivity contribution in [3.63, 3.8) is 0 Å². The molecule has 2 rings (SSSR count). The van der Waals surface area contributed by atoms with E-state index in [9.17, 15) is 9.90 Å². The number of likely N-dealkylation sites (N-methyl/N-ethyl adjacent to an activating group) is 1. The van der Waals surface area contributed by atoms with E-state index in [0.717, 1.165) is 19.4 Å². The van der Waals surface area contributed by atoms with Gasteiger partial charge < -0.3 is 20.1 Å². The molecule has 2 atom stereocenters. The first-order chi connectivity index (χ1) is 8.61. The number of aliphatic hydroxyl groups is 1. The van der Waals surface area contributed by atoms with Crippen LogP contribution in [0.2, 0.25) is 0 Å². The fraction of sp³-hybridized carbons (Fsp3) is 0.923. The van der Waals surface area contributed by atoms with E-state index >= 15 is 0 Å². The van der Waals surface area contributed by atoms with Crippen molar-refractivity contribution in [3.8, 4) is 0 Å². The van der Waals surface area contributed by atoms with Gasteiger partial charge >= 0.3 is 0 Å². The standard InChI is InChI=1S/C13H24N2O3/c1-3-18-10-4-9(5-10)6-13(17)15(2)11-7-14-8-12(11)16/h9-12,14,16H,3-8H2,1-2H3/t9?,10?,11-,12-/m0/s1. The number of nitrogens with one attached hydrogen (secondary N) is 1. The third-order valence-corrected chi connectivity index (χ3v) is 4.10. The van der Waals surface area contributed by atoms with Crippen molar-refractivity contribution in [3.05, 3.63) is 0 Å². The highest BCUT2D eigenvalue weighted by Crippen LogP contribution is 2.33. The minimum absolute atomic E-state index is 0.0692. The molecule has 1 aliphatic carbocycles. The molecule has 0 spiro atoms. The van der Waals surface area contributed by atoms with E-state index in [1.165, 1.54) is 0 Å². The molecule has 18 heavy (non-hydrogen) atoms. The summed E-state index contributed by atoms with van der Waals surface area (Å²) >= 11 is 0. The second kappa shape index (κ2) is 5.99. The van der Waals surface area contributed by atoms with Gasteiger partial charge in [-0.05, 0) is 25.7 Å². The first kappa shape index (κ1) is 13.8. The molecule has 1 saturated carbocycles. The van der Waals surface area contributed by atoms with E-state index in [0.29, 0.717) is 31.5 Å². The number of aliphatic hydroxyl groups excluding tert-OH is 1. The Kier molecular flexibility index (Phi) is 4.59. The topological polar surface area (TPSA) is 61.8 Å². The molecule has 0 aromatic heterocycles. The summed E-state index contributed by atoms with van der Waals surface area (Å²) in [6.45, 7) is 4.03. The SMILES string of the molecule is CCOC1CC(CC(=O)N(C)[C@H]2CNC[C@@H]2O)C1. The molecule has 2 N–H and O–H groups in total. The maximum Gasteiger partial charge on any atom is 0.222 e. The highest BCUT2D eigenvalue weighted by atomic mass is 16.5. The van der Waals surface area contributed by atoms with Gasteiger partial charge in [0.05, 0.1) is 18.2 Å². The van der Waals surface area contributed by atoms with Crippen molar-refractivity contribution in [1.29, 1.82) is 0 Å². The molecule has 1 aliphatic heterocycles. The molecule has 5 nitrogen and oxygen atoms in total. The number of rotatable bonds is 5. The number of hydrogen-bond donors (Lipinski definition) is 2. The molecule has 0 radical (unpaired) electrons. The van der Waals surface area contributed by atoms with E-state index in [1.807, 2.05) is 6.92 Å². The number of ether oxygens (including phenoxy) is 1. The molecule has 5 heteroatoms. The summed E-state index contributed by atoms with van der Waals surface area (Å²) in [5, 5.41) is 12.8. The van der Waals surface area contributed by atoms with Crippen molar-refractivity contribution < 1.29 is 14.6 Å². The normalized spacial score (nSPS) is 35.3. The molecule has 0 unspecified atom stereocenters. The smallest absolute Gasteiger partial charge is 0.222 e. The van der Waals surface area contributed by atoms with E-state index < -0.39 is 6.10 Å². The van der Waals surface area contributed by atoms with E-state index in [2.05, 4.69) is 5.32 Å². The predicted molar refractivity (Wildman–Crippen MR) is 68.2 cm³/mol. The van der Waals surface area contributed by atoms with E-state index in [4.69, 9.17) is 4.74 Å². The fourth-order valence-corrected chi connectivity index (χ4v) is 2.84. The fourth-order valence-electron chi connectivity index (χ4n) is 2.84. The highest BCUT2D eigenvalue weighted by Gasteiger charge is 2.35. The van der Waals surface area contributed by atoms with Crippen LogP contribution >= 0.6 is 0 Å². The molecule has 1 amide bonds. The first-order valence-corrected chi connectivity index (χ1v) is 6.87. The average molecular weight is 256 g/mol. The van der Waals surface area contributed by atoms with Gasteiger partial charge in [0.1, 0.15) is 0 Å². The van der Waals surface area contributed by atoms with E-state index in [1.54, 1.807) is 11.9 Å². The van der Waals surface area contributed by atoms with Crippen LogP contribution in [-0.2, 0) is 9.53 Å². The van der Waals surface area contributed by atoms with Crippen LogP contribution in [0.4, 0.5) is 0 Å². The summed E-state index contributed by atoms with van der Waals surface area (Å²) < 4.78 is 5.49.